The van der Waals surface area contributed by atoms with Crippen LogP contribution < -0.4 is 0 Å². The van der Waals surface area contributed by atoms with Crippen LogP contribution in [0.15, 0.2) is 28.9 Å². The lowest BCUT2D eigenvalue weighted by Crippen LogP contribution is -1.96. The van der Waals surface area contributed by atoms with E-state index in [-0.39, 0.29) is 0 Å². The van der Waals surface area contributed by atoms with Crippen LogP contribution in [0, 0.1) is 4.64 Å². The fourth-order valence-corrected chi connectivity index (χ4v) is 2.04. The van der Waals surface area contributed by atoms with Gasteiger partial charge in [0, 0.05) is 12.6 Å². The van der Waals surface area contributed by atoms with Crippen LogP contribution in [0.5, 0.6) is 0 Å². The lowest BCUT2D eigenvalue weighted by molar-refractivity contribution is 0.953. The van der Waals surface area contributed by atoms with Gasteiger partial charge in [-0.3, -0.25) is 0 Å². The van der Waals surface area contributed by atoms with Crippen LogP contribution in [0.2, 0.25) is 10.0 Å². The number of hydrogen-bond acceptors (Lipinski definition) is 2. The van der Waals surface area contributed by atoms with Gasteiger partial charge >= 0.3 is 0 Å². The van der Waals surface area contributed by atoms with E-state index in [1.165, 1.54) is 0 Å². The molecule has 2 nitrogen and oxygen atoms in total. The summed E-state index contributed by atoms with van der Waals surface area (Å²) in [7, 11) is 0. The standard InChI is InChI=1S/C11H7BrCl2N2S/c12-7-5-15-10(16-11(7)17)4-6-1-2-8(13)9(14)3-6/h1-3,5H,4H2,(H,15,16,17). The third kappa shape index (κ3) is 3.28. The number of halogens is 3. The summed E-state index contributed by atoms with van der Waals surface area (Å²) in [6.45, 7) is 0. The van der Waals surface area contributed by atoms with Crippen LogP contribution >= 0.6 is 51.3 Å². The predicted octanol–water partition coefficient (Wildman–Crippen LogP) is 4.80. The van der Waals surface area contributed by atoms with Crippen molar-refractivity contribution in [2.24, 2.45) is 0 Å². The average molecular weight is 350 g/mol. The molecule has 88 valence electrons. The molecule has 6 heteroatoms. The van der Waals surface area contributed by atoms with Gasteiger partial charge in [-0.25, -0.2) is 4.98 Å². The summed E-state index contributed by atoms with van der Waals surface area (Å²) in [4.78, 5) is 7.28. The van der Waals surface area contributed by atoms with Crippen molar-refractivity contribution >= 4 is 51.3 Å². The monoisotopic (exact) mass is 348 g/mol. The first-order chi connectivity index (χ1) is 8.06. The third-order valence-corrected chi connectivity index (χ3v) is 4.09. The molecule has 0 unspecified atom stereocenters. The molecular formula is C11H7BrCl2N2S. The maximum atomic E-state index is 5.95. The first-order valence-electron chi connectivity index (χ1n) is 4.74. The van der Waals surface area contributed by atoms with Crippen LogP contribution in [-0.2, 0) is 6.42 Å². The number of aromatic amines is 1. The summed E-state index contributed by atoms with van der Waals surface area (Å²) in [5.41, 5.74) is 1.03. The summed E-state index contributed by atoms with van der Waals surface area (Å²) in [5.74, 6) is 0.789. The van der Waals surface area contributed by atoms with E-state index in [9.17, 15) is 0 Å². The lowest BCUT2D eigenvalue weighted by Gasteiger charge is -2.03. The molecule has 1 aromatic heterocycles. The van der Waals surface area contributed by atoms with Gasteiger partial charge in [0.2, 0.25) is 0 Å². The fraction of sp³-hybridized carbons (Fsp3) is 0.0909. The Morgan fingerprint density at radius 2 is 2.06 bits per heavy atom. The Balaban J connectivity index is 2.28. The quantitative estimate of drug-likeness (QED) is 0.789. The average Bonchev–Trinajstić information content (AvgIpc) is 2.29. The van der Waals surface area contributed by atoms with E-state index >= 15 is 0 Å². The maximum absolute atomic E-state index is 5.95. The summed E-state index contributed by atoms with van der Waals surface area (Å²) >= 11 is 20.2. The van der Waals surface area contributed by atoms with Gasteiger partial charge in [0.15, 0.2) is 0 Å². The zero-order valence-electron chi connectivity index (χ0n) is 8.51. The number of aromatic nitrogens is 2. The van der Waals surface area contributed by atoms with Crippen molar-refractivity contribution in [2.45, 2.75) is 6.42 Å². The molecule has 0 aliphatic carbocycles. The second-order valence-electron chi connectivity index (χ2n) is 3.43. The Labute approximate surface area is 122 Å². The molecule has 0 saturated carbocycles. The van der Waals surface area contributed by atoms with E-state index in [0.717, 1.165) is 15.9 Å². The van der Waals surface area contributed by atoms with Gasteiger partial charge in [-0.05, 0) is 33.6 Å². The van der Waals surface area contributed by atoms with E-state index in [1.807, 2.05) is 12.1 Å². The van der Waals surface area contributed by atoms with E-state index in [4.69, 9.17) is 35.4 Å². The van der Waals surface area contributed by atoms with E-state index in [2.05, 4.69) is 25.9 Å². The zero-order valence-corrected chi connectivity index (χ0v) is 12.4. The molecule has 0 aliphatic rings. The molecule has 0 saturated heterocycles. The molecule has 1 heterocycles. The van der Waals surface area contributed by atoms with Crippen molar-refractivity contribution in [3.63, 3.8) is 0 Å². The number of nitrogens with zero attached hydrogens (tertiary/aromatic N) is 1. The van der Waals surface area contributed by atoms with Crippen LogP contribution in [0.3, 0.4) is 0 Å². The van der Waals surface area contributed by atoms with Crippen LogP contribution in [0.1, 0.15) is 11.4 Å². The number of nitrogens with one attached hydrogen (secondary N) is 1. The topological polar surface area (TPSA) is 28.7 Å². The molecule has 0 amide bonds. The second kappa shape index (κ2) is 5.48. The minimum atomic E-state index is 0.542. The highest BCUT2D eigenvalue weighted by molar-refractivity contribution is 9.10. The number of hydrogen-bond donors (Lipinski definition) is 1. The van der Waals surface area contributed by atoms with Gasteiger partial charge in [-0.15, -0.1) is 0 Å². The second-order valence-corrected chi connectivity index (χ2v) is 5.51. The SMILES string of the molecule is S=c1[nH]c(Cc2ccc(Cl)c(Cl)c2)ncc1Br. The van der Waals surface area contributed by atoms with Crippen molar-refractivity contribution < 1.29 is 0 Å². The highest BCUT2D eigenvalue weighted by Gasteiger charge is 2.03. The molecule has 0 fully saturated rings. The fourth-order valence-electron chi connectivity index (χ4n) is 1.35. The van der Waals surface area contributed by atoms with Gasteiger partial charge in [0.1, 0.15) is 10.5 Å². The number of rotatable bonds is 2. The normalized spacial score (nSPS) is 10.5. The first kappa shape index (κ1) is 13.0. The van der Waals surface area contributed by atoms with E-state index in [1.54, 1.807) is 12.3 Å². The summed E-state index contributed by atoms with van der Waals surface area (Å²) < 4.78 is 1.42. The Morgan fingerprint density at radius 1 is 1.29 bits per heavy atom. The van der Waals surface area contributed by atoms with Crippen LogP contribution in [0.25, 0.3) is 0 Å². The molecular weight excluding hydrogens is 343 g/mol. The van der Waals surface area contributed by atoms with Gasteiger partial charge in [0.25, 0.3) is 0 Å². The number of benzene rings is 1. The molecule has 0 atom stereocenters. The Kier molecular flexibility index (Phi) is 4.20. The van der Waals surface area contributed by atoms with Gasteiger partial charge in [-0.1, -0.05) is 41.5 Å². The summed E-state index contributed by atoms with van der Waals surface area (Å²) in [6.07, 6.45) is 2.32. The van der Waals surface area contributed by atoms with Crippen molar-refractivity contribution in [1.29, 1.82) is 0 Å². The maximum Gasteiger partial charge on any atom is 0.120 e. The highest BCUT2D eigenvalue weighted by Crippen LogP contribution is 2.23. The predicted molar refractivity (Wildman–Crippen MR) is 76.4 cm³/mol. The van der Waals surface area contributed by atoms with Crippen molar-refractivity contribution in [1.82, 2.24) is 9.97 Å². The Bertz CT molecular complexity index is 613. The molecule has 0 aliphatic heterocycles. The summed E-state index contributed by atoms with van der Waals surface area (Å²) in [6, 6.07) is 5.51. The molecule has 0 radical (unpaired) electrons. The largest absolute Gasteiger partial charge is 0.334 e. The highest BCUT2D eigenvalue weighted by atomic mass is 79.9. The van der Waals surface area contributed by atoms with E-state index < -0.39 is 0 Å². The zero-order chi connectivity index (χ0) is 12.4. The smallest absolute Gasteiger partial charge is 0.120 e. The molecule has 2 aromatic rings. The minimum Gasteiger partial charge on any atom is -0.334 e. The van der Waals surface area contributed by atoms with Crippen molar-refractivity contribution in [2.75, 3.05) is 0 Å². The molecule has 17 heavy (non-hydrogen) atoms. The lowest BCUT2D eigenvalue weighted by atomic mass is 10.1. The third-order valence-electron chi connectivity index (χ3n) is 2.16. The molecule has 0 spiro atoms. The van der Waals surface area contributed by atoms with Crippen molar-refractivity contribution in [3.8, 4) is 0 Å². The van der Waals surface area contributed by atoms with Crippen LogP contribution in [0.4, 0.5) is 0 Å². The summed E-state index contributed by atoms with van der Waals surface area (Å²) in [5, 5.41) is 1.09. The first-order valence-corrected chi connectivity index (χ1v) is 6.69. The Morgan fingerprint density at radius 3 is 2.71 bits per heavy atom. The molecule has 0 bridgehead atoms. The van der Waals surface area contributed by atoms with Gasteiger partial charge < -0.3 is 4.98 Å². The van der Waals surface area contributed by atoms with Crippen molar-refractivity contribution in [3.05, 3.63) is 54.9 Å². The number of H-pyrrole nitrogens is 1. The molecule has 1 N–H and O–H groups in total. The van der Waals surface area contributed by atoms with E-state index in [0.29, 0.717) is 21.1 Å². The van der Waals surface area contributed by atoms with Gasteiger partial charge in [0.05, 0.1) is 14.5 Å². The molecule has 2 rings (SSSR count). The molecule has 1 aromatic carbocycles. The Hall–Kier alpha value is -0.420. The van der Waals surface area contributed by atoms with Gasteiger partial charge in [-0.2, -0.15) is 0 Å². The van der Waals surface area contributed by atoms with Crippen LogP contribution in [-0.4, -0.2) is 9.97 Å². The minimum absolute atomic E-state index is 0.542.